The highest BCUT2D eigenvalue weighted by Gasteiger charge is 2.17. The maximum Gasteiger partial charge on any atom is 0.234 e. The Morgan fingerprint density at radius 1 is 1.50 bits per heavy atom. The zero-order valence-corrected chi connectivity index (χ0v) is 10.4. The summed E-state index contributed by atoms with van der Waals surface area (Å²) in [6, 6.07) is 5.09. The van der Waals surface area contributed by atoms with Gasteiger partial charge in [0.15, 0.2) is 9.84 Å². The van der Waals surface area contributed by atoms with Crippen molar-refractivity contribution in [2.45, 2.75) is 5.75 Å². The Kier molecular flexibility index (Phi) is 4.39. The smallest absolute Gasteiger partial charge is 0.234 e. The monoisotopic (exact) mass is 270 g/mol. The minimum atomic E-state index is -3.63. The number of nitriles is 1. The molecule has 18 heavy (non-hydrogen) atoms. The molecule has 1 amide bonds. The van der Waals surface area contributed by atoms with Crippen molar-refractivity contribution in [3.8, 4) is 6.07 Å². The van der Waals surface area contributed by atoms with Crippen molar-refractivity contribution in [2.75, 3.05) is 12.8 Å². The molecule has 0 aliphatic rings. The summed E-state index contributed by atoms with van der Waals surface area (Å²) in [5, 5.41) is 10.8. The maximum absolute atomic E-state index is 13.0. The average Bonchev–Trinajstić information content (AvgIpc) is 2.30. The van der Waals surface area contributed by atoms with E-state index in [0.717, 1.165) is 12.1 Å². The van der Waals surface area contributed by atoms with Gasteiger partial charge >= 0.3 is 0 Å². The summed E-state index contributed by atoms with van der Waals surface area (Å²) < 4.78 is 36.3. The summed E-state index contributed by atoms with van der Waals surface area (Å²) >= 11 is 0. The van der Waals surface area contributed by atoms with Gasteiger partial charge in [0.25, 0.3) is 0 Å². The molecule has 0 bridgehead atoms. The minimum absolute atomic E-state index is 0.220. The van der Waals surface area contributed by atoms with Gasteiger partial charge in [-0.25, -0.2) is 12.8 Å². The lowest BCUT2D eigenvalue weighted by molar-refractivity contribution is -0.118. The molecule has 1 N–H and O–H groups in total. The lowest BCUT2D eigenvalue weighted by Gasteiger charge is -2.04. The highest BCUT2D eigenvalue weighted by molar-refractivity contribution is 7.91. The van der Waals surface area contributed by atoms with Crippen molar-refractivity contribution in [3.05, 3.63) is 35.1 Å². The molecule has 7 heteroatoms. The van der Waals surface area contributed by atoms with Gasteiger partial charge in [0.05, 0.1) is 11.3 Å². The average molecular weight is 270 g/mol. The van der Waals surface area contributed by atoms with Crippen LogP contribution in [0.1, 0.15) is 11.1 Å². The predicted octanol–water partition coefficient (Wildman–Crippen LogP) is 0.358. The highest BCUT2D eigenvalue weighted by atomic mass is 32.2. The van der Waals surface area contributed by atoms with E-state index in [1.165, 1.54) is 13.1 Å². The summed E-state index contributed by atoms with van der Waals surface area (Å²) in [7, 11) is -2.29. The molecule has 0 aromatic heterocycles. The third-order valence-electron chi connectivity index (χ3n) is 2.17. The first-order chi connectivity index (χ1) is 8.38. The van der Waals surface area contributed by atoms with Crippen LogP contribution in [0, 0.1) is 17.1 Å². The van der Waals surface area contributed by atoms with Gasteiger partial charge in [-0.05, 0) is 17.7 Å². The molecule has 0 atom stereocenters. The van der Waals surface area contributed by atoms with E-state index in [1.54, 1.807) is 6.07 Å². The zero-order valence-electron chi connectivity index (χ0n) is 9.60. The van der Waals surface area contributed by atoms with E-state index in [-0.39, 0.29) is 11.1 Å². The van der Waals surface area contributed by atoms with E-state index < -0.39 is 33.1 Å². The van der Waals surface area contributed by atoms with Crippen LogP contribution in [-0.2, 0) is 20.4 Å². The number of rotatable bonds is 4. The van der Waals surface area contributed by atoms with Crippen LogP contribution in [-0.4, -0.2) is 27.1 Å². The Bertz CT molecular complexity index is 605. The Labute approximate surface area is 104 Å². The molecule has 0 unspecified atom stereocenters. The maximum atomic E-state index is 13.0. The van der Waals surface area contributed by atoms with Crippen LogP contribution in [0.3, 0.4) is 0 Å². The van der Waals surface area contributed by atoms with Crippen LogP contribution in [0.15, 0.2) is 18.2 Å². The quantitative estimate of drug-likeness (QED) is 0.855. The van der Waals surface area contributed by atoms with Crippen LogP contribution in [0.4, 0.5) is 4.39 Å². The Balaban J connectivity index is 2.92. The first kappa shape index (κ1) is 14.1. The third kappa shape index (κ3) is 3.82. The second kappa shape index (κ2) is 5.60. The standard InChI is InChI=1S/C11H11FN2O3S/c1-14-11(15)7-18(16,17)6-8-2-3-10(12)9(4-8)5-13/h2-4H,6-7H2,1H3,(H,14,15). The number of hydrogen-bond donors (Lipinski definition) is 1. The molecular formula is C11H11FN2O3S. The molecule has 0 saturated carbocycles. The van der Waals surface area contributed by atoms with Crippen LogP contribution >= 0.6 is 0 Å². The number of benzene rings is 1. The SMILES string of the molecule is CNC(=O)CS(=O)(=O)Cc1ccc(F)c(C#N)c1. The highest BCUT2D eigenvalue weighted by Crippen LogP contribution is 2.12. The third-order valence-corrected chi connectivity index (χ3v) is 3.64. The zero-order chi connectivity index (χ0) is 13.8. The molecule has 1 rings (SSSR count). The summed E-state index contributed by atoms with van der Waals surface area (Å²) in [6.45, 7) is 0. The first-order valence-electron chi connectivity index (χ1n) is 4.97. The summed E-state index contributed by atoms with van der Waals surface area (Å²) in [4.78, 5) is 11.0. The molecule has 0 spiro atoms. The number of sulfone groups is 1. The van der Waals surface area contributed by atoms with Crippen molar-refractivity contribution in [1.29, 1.82) is 5.26 Å². The molecule has 0 radical (unpaired) electrons. The fourth-order valence-corrected chi connectivity index (χ4v) is 2.66. The van der Waals surface area contributed by atoms with Gasteiger partial charge in [-0.3, -0.25) is 4.79 Å². The lowest BCUT2D eigenvalue weighted by Crippen LogP contribution is -2.27. The van der Waals surface area contributed by atoms with Gasteiger partial charge in [0.2, 0.25) is 5.91 Å². The van der Waals surface area contributed by atoms with Gasteiger partial charge < -0.3 is 5.32 Å². The van der Waals surface area contributed by atoms with Crippen LogP contribution in [0.25, 0.3) is 0 Å². The molecule has 5 nitrogen and oxygen atoms in total. The lowest BCUT2D eigenvalue weighted by atomic mass is 10.1. The van der Waals surface area contributed by atoms with E-state index in [4.69, 9.17) is 5.26 Å². The number of carbonyl (C=O) groups excluding carboxylic acids is 1. The van der Waals surface area contributed by atoms with Gasteiger partial charge in [0, 0.05) is 7.05 Å². The number of amides is 1. The van der Waals surface area contributed by atoms with Crippen molar-refractivity contribution in [3.63, 3.8) is 0 Å². The van der Waals surface area contributed by atoms with Crippen molar-refractivity contribution < 1.29 is 17.6 Å². The van der Waals surface area contributed by atoms with E-state index >= 15 is 0 Å². The van der Waals surface area contributed by atoms with E-state index in [9.17, 15) is 17.6 Å². The molecule has 0 saturated heterocycles. The summed E-state index contributed by atoms with van der Waals surface area (Å²) in [5.41, 5.74) is 0.0551. The largest absolute Gasteiger partial charge is 0.358 e. The molecule has 1 aromatic carbocycles. The number of nitrogens with zero attached hydrogens (tertiary/aromatic N) is 1. The Hall–Kier alpha value is -1.94. The number of nitrogens with one attached hydrogen (secondary N) is 1. The molecule has 1 aromatic rings. The summed E-state index contributed by atoms with van der Waals surface area (Å²) in [6.07, 6.45) is 0. The molecule has 0 heterocycles. The first-order valence-corrected chi connectivity index (χ1v) is 6.79. The van der Waals surface area contributed by atoms with Gasteiger partial charge in [-0.15, -0.1) is 0 Å². The molecular weight excluding hydrogens is 259 g/mol. The minimum Gasteiger partial charge on any atom is -0.358 e. The van der Waals surface area contributed by atoms with Crippen LogP contribution in [0.5, 0.6) is 0 Å². The van der Waals surface area contributed by atoms with E-state index in [2.05, 4.69) is 5.32 Å². The molecule has 0 aliphatic carbocycles. The van der Waals surface area contributed by atoms with E-state index in [1.807, 2.05) is 0 Å². The number of carbonyl (C=O) groups is 1. The summed E-state index contributed by atoms with van der Waals surface area (Å²) in [5.74, 6) is -2.36. The normalized spacial score (nSPS) is 10.7. The van der Waals surface area contributed by atoms with Crippen LogP contribution < -0.4 is 5.32 Å². The second-order valence-corrected chi connectivity index (χ2v) is 5.70. The fraction of sp³-hybridized carbons (Fsp3) is 0.273. The number of hydrogen-bond acceptors (Lipinski definition) is 4. The topological polar surface area (TPSA) is 87.0 Å². The van der Waals surface area contributed by atoms with Crippen molar-refractivity contribution in [1.82, 2.24) is 5.32 Å². The van der Waals surface area contributed by atoms with Crippen molar-refractivity contribution in [2.24, 2.45) is 0 Å². The molecule has 96 valence electrons. The predicted molar refractivity (Wildman–Crippen MR) is 62.7 cm³/mol. The van der Waals surface area contributed by atoms with E-state index in [0.29, 0.717) is 0 Å². The molecule has 0 aliphatic heterocycles. The van der Waals surface area contributed by atoms with Gasteiger partial charge in [-0.1, -0.05) is 6.07 Å². The fourth-order valence-electron chi connectivity index (χ4n) is 1.32. The van der Waals surface area contributed by atoms with Crippen LogP contribution in [0.2, 0.25) is 0 Å². The molecule has 0 fully saturated rings. The van der Waals surface area contributed by atoms with Crippen molar-refractivity contribution >= 4 is 15.7 Å². The number of halogens is 1. The second-order valence-electron chi connectivity index (χ2n) is 3.63. The van der Waals surface area contributed by atoms with Gasteiger partial charge in [-0.2, -0.15) is 5.26 Å². The van der Waals surface area contributed by atoms with Gasteiger partial charge in [0.1, 0.15) is 17.6 Å². The Morgan fingerprint density at radius 3 is 2.72 bits per heavy atom. The Morgan fingerprint density at radius 2 is 2.17 bits per heavy atom.